The zero-order valence-electron chi connectivity index (χ0n) is 13.9. The molecule has 1 saturated carbocycles. The number of hydrogen-bond acceptors (Lipinski definition) is 2. The summed E-state index contributed by atoms with van der Waals surface area (Å²) >= 11 is 0. The molecule has 1 fully saturated rings. The van der Waals surface area contributed by atoms with Crippen molar-refractivity contribution in [3.8, 4) is 0 Å². The highest BCUT2D eigenvalue weighted by molar-refractivity contribution is 5.28. The Hall–Kier alpha value is -1.12. The van der Waals surface area contributed by atoms with Crippen LogP contribution in [0.1, 0.15) is 43.2 Å². The summed E-state index contributed by atoms with van der Waals surface area (Å²) in [5.41, 5.74) is 3.29. The molecule has 0 saturated heterocycles. The second-order valence-corrected chi connectivity index (χ2v) is 7.17. The predicted octanol–water partition coefficient (Wildman–Crippen LogP) is 3.75. The van der Waals surface area contributed by atoms with Crippen LogP contribution in [0.4, 0.5) is 0 Å². The van der Waals surface area contributed by atoms with Gasteiger partial charge in [0, 0.05) is 6.54 Å². The zero-order chi connectivity index (χ0) is 15.6. The molecule has 0 aromatic heterocycles. The molecular weight excluding hydrogens is 258 g/mol. The Labute approximate surface area is 129 Å². The second-order valence-electron chi connectivity index (χ2n) is 7.17. The van der Waals surface area contributed by atoms with Crippen LogP contribution in [0.15, 0.2) is 36.4 Å². The molecule has 1 aliphatic carbocycles. The summed E-state index contributed by atoms with van der Waals surface area (Å²) in [6, 6.07) is 8.78. The van der Waals surface area contributed by atoms with E-state index in [1.54, 1.807) is 0 Å². The minimum atomic E-state index is -0.578. The SMILES string of the molecule is C=C(C)[C@@H]1CCC(O)(CN(C)C)C[C@H]1c1ccc(C)cc1. The lowest BCUT2D eigenvalue weighted by Gasteiger charge is -2.43. The van der Waals surface area contributed by atoms with Gasteiger partial charge in [0.1, 0.15) is 0 Å². The van der Waals surface area contributed by atoms with Gasteiger partial charge in [-0.05, 0) is 64.6 Å². The van der Waals surface area contributed by atoms with Crippen LogP contribution in [0.25, 0.3) is 0 Å². The largest absolute Gasteiger partial charge is 0.389 e. The third kappa shape index (κ3) is 3.96. The van der Waals surface area contributed by atoms with Crippen LogP contribution < -0.4 is 0 Å². The highest BCUT2D eigenvalue weighted by Crippen LogP contribution is 2.45. The molecule has 116 valence electrons. The van der Waals surface area contributed by atoms with E-state index in [2.05, 4.69) is 49.6 Å². The van der Waals surface area contributed by atoms with E-state index in [0.717, 1.165) is 25.8 Å². The molecule has 0 heterocycles. The van der Waals surface area contributed by atoms with Crippen molar-refractivity contribution < 1.29 is 5.11 Å². The molecule has 0 spiro atoms. The van der Waals surface area contributed by atoms with Gasteiger partial charge in [0.15, 0.2) is 0 Å². The molecule has 1 aliphatic rings. The normalized spacial score (nSPS) is 29.6. The minimum absolute atomic E-state index is 0.377. The fourth-order valence-electron chi connectivity index (χ4n) is 3.76. The van der Waals surface area contributed by atoms with Crippen molar-refractivity contribution in [1.29, 1.82) is 0 Å². The Morgan fingerprint density at radius 1 is 1.33 bits per heavy atom. The average Bonchev–Trinajstić information content (AvgIpc) is 2.37. The number of benzene rings is 1. The summed E-state index contributed by atoms with van der Waals surface area (Å²) in [4.78, 5) is 2.09. The molecule has 21 heavy (non-hydrogen) atoms. The number of aryl methyl sites for hydroxylation is 1. The fraction of sp³-hybridized carbons (Fsp3) is 0.579. The van der Waals surface area contributed by atoms with Gasteiger partial charge in [-0.2, -0.15) is 0 Å². The number of nitrogens with zero attached hydrogens (tertiary/aromatic N) is 1. The third-order valence-corrected chi connectivity index (χ3v) is 4.76. The Morgan fingerprint density at radius 3 is 2.48 bits per heavy atom. The first-order valence-electron chi connectivity index (χ1n) is 7.90. The summed E-state index contributed by atoms with van der Waals surface area (Å²) < 4.78 is 0. The molecule has 2 rings (SSSR count). The molecule has 1 unspecified atom stereocenters. The van der Waals surface area contributed by atoms with Gasteiger partial charge in [-0.15, -0.1) is 0 Å². The van der Waals surface area contributed by atoms with Crippen LogP contribution in [0, 0.1) is 12.8 Å². The first-order valence-corrected chi connectivity index (χ1v) is 7.90. The van der Waals surface area contributed by atoms with Crippen molar-refractivity contribution >= 4 is 0 Å². The maximum atomic E-state index is 11.0. The topological polar surface area (TPSA) is 23.5 Å². The fourth-order valence-corrected chi connectivity index (χ4v) is 3.76. The number of rotatable bonds is 4. The number of hydrogen-bond donors (Lipinski definition) is 1. The van der Waals surface area contributed by atoms with Gasteiger partial charge in [0.25, 0.3) is 0 Å². The second kappa shape index (κ2) is 6.33. The molecule has 0 amide bonds. The van der Waals surface area contributed by atoms with Crippen LogP contribution in [0.5, 0.6) is 0 Å². The lowest BCUT2D eigenvalue weighted by Crippen LogP contribution is -2.45. The van der Waals surface area contributed by atoms with Gasteiger partial charge in [-0.3, -0.25) is 0 Å². The summed E-state index contributed by atoms with van der Waals surface area (Å²) in [6.45, 7) is 9.16. The van der Waals surface area contributed by atoms with E-state index >= 15 is 0 Å². The summed E-state index contributed by atoms with van der Waals surface area (Å²) in [5.74, 6) is 0.858. The highest BCUT2D eigenvalue weighted by atomic mass is 16.3. The summed E-state index contributed by atoms with van der Waals surface area (Å²) in [7, 11) is 4.06. The first-order chi connectivity index (χ1) is 9.81. The number of aliphatic hydroxyl groups is 1. The molecule has 2 nitrogen and oxygen atoms in total. The maximum Gasteiger partial charge on any atom is 0.0780 e. The standard InChI is InChI=1S/C19H29NO/c1-14(2)17-10-11-19(21,13-20(4)5)12-18(17)16-8-6-15(3)7-9-16/h6-9,17-18,21H,1,10-13H2,2-5H3/t17-,18-,19?/m0/s1. The smallest absolute Gasteiger partial charge is 0.0780 e. The maximum absolute atomic E-state index is 11.0. The van der Waals surface area contributed by atoms with E-state index in [1.807, 2.05) is 14.1 Å². The van der Waals surface area contributed by atoms with Gasteiger partial charge in [-0.25, -0.2) is 0 Å². The van der Waals surface area contributed by atoms with Gasteiger partial charge in [-0.1, -0.05) is 42.0 Å². The van der Waals surface area contributed by atoms with Crippen molar-refractivity contribution in [3.63, 3.8) is 0 Å². The van der Waals surface area contributed by atoms with E-state index in [-0.39, 0.29) is 0 Å². The van der Waals surface area contributed by atoms with Gasteiger partial charge >= 0.3 is 0 Å². The van der Waals surface area contributed by atoms with Crippen molar-refractivity contribution in [1.82, 2.24) is 4.90 Å². The molecule has 1 aromatic carbocycles. The molecule has 1 aromatic rings. The van der Waals surface area contributed by atoms with Crippen molar-refractivity contribution in [3.05, 3.63) is 47.5 Å². The molecule has 1 N–H and O–H groups in total. The van der Waals surface area contributed by atoms with E-state index in [4.69, 9.17) is 0 Å². The van der Waals surface area contributed by atoms with Crippen molar-refractivity contribution in [2.45, 2.75) is 44.6 Å². The van der Waals surface area contributed by atoms with Crippen LogP contribution in [0.3, 0.4) is 0 Å². The van der Waals surface area contributed by atoms with Crippen LogP contribution >= 0.6 is 0 Å². The Kier molecular flexibility index (Phi) is 4.90. The molecule has 3 atom stereocenters. The first kappa shape index (κ1) is 16.3. The zero-order valence-corrected chi connectivity index (χ0v) is 13.9. The third-order valence-electron chi connectivity index (χ3n) is 4.76. The Bertz CT molecular complexity index is 491. The van der Waals surface area contributed by atoms with Gasteiger partial charge in [0.2, 0.25) is 0 Å². The minimum Gasteiger partial charge on any atom is -0.389 e. The summed E-state index contributed by atoms with van der Waals surface area (Å²) in [5, 5.41) is 11.0. The quantitative estimate of drug-likeness (QED) is 0.853. The van der Waals surface area contributed by atoms with E-state index in [9.17, 15) is 5.11 Å². The molecule has 0 bridgehead atoms. The van der Waals surface area contributed by atoms with Crippen molar-refractivity contribution in [2.75, 3.05) is 20.6 Å². The lowest BCUT2D eigenvalue weighted by atomic mass is 9.67. The lowest BCUT2D eigenvalue weighted by molar-refractivity contribution is -0.0320. The van der Waals surface area contributed by atoms with Gasteiger partial charge < -0.3 is 10.0 Å². The van der Waals surface area contributed by atoms with E-state index in [1.165, 1.54) is 16.7 Å². The number of allylic oxidation sites excluding steroid dienone is 1. The average molecular weight is 287 g/mol. The summed E-state index contributed by atoms with van der Waals surface area (Å²) in [6.07, 6.45) is 2.72. The highest BCUT2D eigenvalue weighted by Gasteiger charge is 2.40. The Morgan fingerprint density at radius 2 is 1.95 bits per heavy atom. The molecule has 2 heteroatoms. The Balaban J connectivity index is 2.27. The molecular formula is C19H29NO. The van der Waals surface area contributed by atoms with E-state index in [0.29, 0.717) is 11.8 Å². The predicted molar refractivity (Wildman–Crippen MR) is 89.6 cm³/mol. The number of likely N-dealkylation sites (N-methyl/N-ethyl adjacent to an activating group) is 1. The van der Waals surface area contributed by atoms with E-state index < -0.39 is 5.60 Å². The van der Waals surface area contributed by atoms with Crippen LogP contribution in [0.2, 0.25) is 0 Å². The van der Waals surface area contributed by atoms with Crippen LogP contribution in [-0.4, -0.2) is 36.2 Å². The van der Waals surface area contributed by atoms with Crippen LogP contribution in [-0.2, 0) is 0 Å². The molecule has 0 aliphatic heterocycles. The van der Waals surface area contributed by atoms with Crippen molar-refractivity contribution in [2.24, 2.45) is 5.92 Å². The molecule has 0 radical (unpaired) electrons. The monoisotopic (exact) mass is 287 g/mol. The van der Waals surface area contributed by atoms with Gasteiger partial charge in [0.05, 0.1) is 5.60 Å².